The number of nitrogens with zero attached hydrogens (tertiary/aromatic N) is 4. The highest BCUT2D eigenvalue weighted by Crippen LogP contribution is 2.29. The normalized spacial score (nSPS) is 11.2. The van der Waals surface area contributed by atoms with Crippen molar-refractivity contribution in [1.82, 2.24) is 14.6 Å². The van der Waals surface area contributed by atoms with Crippen molar-refractivity contribution in [1.29, 1.82) is 0 Å². The molecule has 0 N–H and O–H groups in total. The van der Waals surface area contributed by atoms with Gasteiger partial charge in [0.2, 0.25) is 10.9 Å². The highest BCUT2D eigenvalue weighted by atomic mass is 32.2. The maximum atomic E-state index is 12.7. The van der Waals surface area contributed by atoms with Gasteiger partial charge in [0.25, 0.3) is 0 Å². The van der Waals surface area contributed by atoms with Crippen LogP contribution in [0.1, 0.15) is 6.92 Å². The number of hydrogen-bond acceptors (Lipinski definition) is 5. The van der Waals surface area contributed by atoms with Crippen molar-refractivity contribution in [3.8, 4) is 0 Å². The predicted octanol–water partition coefficient (Wildman–Crippen LogP) is 4.09. The summed E-state index contributed by atoms with van der Waals surface area (Å²) in [5, 5.41) is 9.25. The largest absolute Gasteiger partial charge is 0.312 e. The maximum Gasteiger partial charge on any atom is 0.237 e. The van der Waals surface area contributed by atoms with Crippen molar-refractivity contribution in [3.05, 3.63) is 54.6 Å². The first kappa shape index (κ1) is 16.1. The van der Waals surface area contributed by atoms with E-state index in [0.29, 0.717) is 12.3 Å². The minimum atomic E-state index is 0.0648. The fraction of sp³-hybridized carbons (Fsp3) is 0.167. The monoisotopic (exact) mass is 368 g/mol. The third-order valence-electron chi connectivity index (χ3n) is 3.92. The number of thiazole rings is 1. The summed E-state index contributed by atoms with van der Waals surface area (Å²) in [6, 6.07) is 17.9. The highest BCUT2D eigenvalue weighted by Gasteiger charge is 2.17. The van der Waals surface area contributed by atoms with Gasteiger partial charge in [0, 0.05) is 12.2 Å². The van der Waals surface area contributed by atoms with Crippen LogP contribution in [0.4, 0.5) is 5.69 Å². The van der Waals surface area contributed by atoms with E-state index in [1.807, 2.05) is 53.8 Å². The van der Waals surface area contributed by atoms with Gasteiger partial charge in [0.05, 0.1) is 16.0 Å². The predicted molar refractivity (Wildman–Crippen MR) is 104 cm³/mol. The summed E-state index contributed by atoms with van der Waals surface area (Å²) in [6.45, 7) is 2.62. The Kier molecular flexibility index (Phi) is 4.42. The van der Waals surface area contributed by atoms with E-state index >= 15 is 0 Å². The number of carbonyl (C=O) groups excluding carboxylic acids is 1. The van der Waals surface area contributed by atoms with Gasteiger partial charge < -0.3 is 4.90 Å². The molecule has 0 bridgehead atoms. The molecule has 2 aromatic carbocycles. The number of carbonyl (C=O) groups is 1. The summed E-state index contributed by atoms with van der Waals surface area (Å²) >= 11 is 3.03. The van der Waals surface area contributed by atoms with Crippen molar-refractivity contribution in [2.75, 3.05) is 17.2 Å². The van der Waals surface area contributed by atoms with Gasteiger partial charge >= 0.3 is 0 Å². The van der Waals surface area contributed by atoms with Gasteiger partial charge in [-0.3, -0.25) is 9.20 Å². The van der Waals surface area contributed by atoms with E-state index in [9.17, 15) is 4.79 Å². The van der Waals surface area contributed by atoms with E-state index in [1.54, 1.807) is 16.2 Å². The summed E-state index contributed by atoms with van der Waals surface area (Å²) in [5.41, 5.74) is 2.00. The molecule has 0 unspecified atom stereocenters. The van der Waals surface area contributed by atoms with Crippen LogP contribution >= 0.6 is 23.1 Å². The van der Waals surface area contributed by atoms with E-state index in [-0.39, 0.29) is 5.91 Å². The molecule has 25 heavy (non-hydrogen) atoms. The zero-order chi connectivity index (χ0) is 17.2. The summed E-state index contributed by atoms with van der Waals surface area (Å²) in [5.74, 6) is 0.392. The molecule has 0 saturated carbocycles. The van der Waals surface area contributed by atoms with Gasteiger partial charge in [-0.2, -0.15) is 0 Å². The van der Waals surface area contributed by atoms with Crippen LogP contribution in [0.15, 0.2) is 59.8 Å². The number of hydrogen-bond donors (Lipinski definition) is 0. The zero-order valence-electron chi connectivity index (χ0n) is 13.6. The lowest BCUT2D eigenvalue weighted by molar-refractivity contribution is -0.116. The number of amides is 1. The van der Waals surface area contributed by atoms with Gasteiger partial charge in [0.1, 0.15) is 0 Å². The Bertz CT molecular complexity index is 1030. The van der Waals surface area contributed by atoms with Crippen LogP contribution in [0.5, 0.6) is 0 Å². The molecule has 0 saturated heterocycles. The molecule has 0 radical (unpaired) electrons. The highest BCUT2D eigenvalue weighted by molar-refractivity contribution is 7.99. The average molecular weight is 368 g/mol. The minimum absolute atomic E-state index is 0.0648. The minimum Gasteiger partial charge on any atom is -0.312 e. The number of aromatic nitrogens is 3. The molecule has 0 fully saturated rings. The molecule has 5 nitrogen and oxygen atoms in total. The summed E-state index contributed by atoms with van der Waals surface area (Å²) in [4.78, 5) is 15.3. The molecular formula is C18H16N4OS2. The molecule has 0 atom stereocenters. The van der Waals surface area contributed by atoms with Crippen molar-refractivity contribution in [2.45, 2.75) is 12.1 Å². The lowest BCUT2D eigenvalue weighted by atomic mass is 10.3. The molecule has 4 aromatic rings. The first-order valence-electron chi connectivity index (χ1n) is 7.99. The van der Waals surface area contributed by atoms with Crippen molar-refractivity contribution < 1.29 is 4.79 Å². The quantitative estimate of drug-likeness (QED) is 0.498. The first-order chi connectivity index (χ1) is 12.3. The second-order valence-electron chi connectivity index (χ2n) is 5.43. The van der Waals surface area contributed by atoms with Gasteiger partial charge in [-0.25, -0.2) is 0 Å². The first-order valence-corrected chi connectivity index (χ1v) is 9.79. The van der Waals surface area contributed by atoms with Crippen molar-refractivity contribution >= 4 is 49.9 Å². The van der Waals surface area contributed by atoms with Crippen LogP contribution < -0.4 is 4.90 Å². The van der Waals surface area contributed by atoms with Gasteiger partial charge in [0.15, 0.2) is 5.16 Å². The molecule has 2 heterocycles. The molecule has 0 aliphatic rings. The Hall–Kier alpha value is -2.38. The smallest absolute Gasteiger partial charge is 0.237 e. The number of anilines is 1. The average Bonchev–Trinajstić information content (AvgIpc) is 3.21. The van der Waals surface area contributed by atoms with Crippen molar-refractivity contribution in [2.24, 2.45) is 0 Å². The number of thioether (sulfide) groups is 1. The van der Waals surface area contributed by atoms with Crippen LogP contribution in [0.25, 0.3) is 15.2 Å². The molecule has 1 amide bonds. The van der Waals surface area contributed by atoms with Gasteiger partial charge in [-0.15, -0.1) is 10.2 Å². The molecule has 4 rings (SSSR count). The third-order valence-corrected chi connectivity index (χ3v) is 5.85. The number of benzene rings is 2. The Labute approximate surface area is 153 Å². The standard InChI is InChI=1S/C18H16N4OS2/c1-2-21(13-8-4-3-5-9-13)16(23)12-24-17-19-20-18-22(17)14-10-6-7-11-15(14)25-18/h3-11H,2,12H2,1H3. The Morgan fingerprint density at radius 2 is 1.88 bits per heavy atom. The zero-order valence-corrected chi connectivity index (χ0v) is 15.3. The van der Waals surface area contributed by atoms with E-state index in [0.717, 1.165) is 21.3 Å². The van der Waals surface area contributed by atoms with E-state index < -0.39 is 0 Å². The van der Waals surface area contributed by atoms with Crippen LogP contribution in [0, 0.1) is 0 Å². The molecule has 2 aromatic heterocycles. The number of para-hydroxylation sites is 2. The Balaban J connectivity index is 1.57. The molecule has 7 heteroatoms. The Morgan fingerprint density at radius 3 is 2.68 bits per heavy atom. The maximum absolute atomic E-state index is 12.7. The van der Waals surface area contributed by atoms with Gasteiger partial charge in [-0.05, 0) is 31.2 Å². The molecular weight excluding hydrogens is 352 g/mol. The third kappa shape index (κ3) is 3.01. The second kappa shape index (κ2) is 6.85. The molecule has 0 aliphatic heterocycles. The summed E-state index contributed by atoms with van der Waals surface area (Å²) in [7, 11) is 0. The van der Waals surface area contributed by atoms with Crippen LogP contribution in [0.3, 0.4) is 0 Å². The van der Waals surface area contributed by atoms with Crippen molar-refractivity contribution in [3.63, 3.8) is 0 Å². The van der Waals surface area contributed by atoms with E-state index in [4.69, 9.17) is 0 Å². The molecule has 0 spiro atoms. The van der Waals surface area contributed by atoms with Crippen LogP contribution in [-0.2, 0) is 4.79 Å². The van der Waals surface area contributed by atoms with E-state index in [1.165, 1.54) is 16.5 Å². The SMILES string of the molecule is CCN(C(=O)CSc1nnc2sc3ccccc3n12)c1ccccc1. The molecule has 126 valence electrons. The summed E-state index contributed by atoms with van der Waals surface area (Å²) < 4.78 is 3.19. The van der Waals surface area contributed by atoms with Crippen LogP contribution in [-0.4, -0.2) is 32.8 Å². The second-order valence-corrected chi connectivity index (χ2v) is 7.38. The van der Waals surface area contributed by atoms with Gasteiger partial charge in [-0.1, -0.05) is 53.4 Å². The molecule has 0 aliphatic carbocycles. The lowest BCUT2D eigenvalue weighted by Gasteiger charge is -2.20. The van der Waals surface area contributed by atoms with E-state index in [2.05, 4.69) is 22.3 Å². The number of fused-ring (bicyclic) bond motifs is 3. The lowest BCUT2D eigenvalue weighted by Crippen LogP contribution is -2.32. The fourth-order valence-electron chi connectivity index (χ4n) is 2.76. The summed E-state index contributed by atoms with van der Waals surface area (Å²) in [6.07, 6.45) is 0. The number of rotatable bonds is 5. The fourth-order valence-corrected chi connectivity index (χ4v) is 4.61. The topological polar surface area (TPSA) is 50.5 Å². The Morgan fingerprint density at radius 1 is 1.12 bits per heavy atom. The van der Waals surface area contributed by atoms with Crippen LogP contribution in [0.2, 0.25) is 0 Å².